The molecule has 7 nitrogen and oxygen atoms in total. The Kier molecular flexibility index (Phi) is 4.69. The molecule has 2 aromatic carbocycles. The maximum Gasteiger partial charge on any atom is 0.299 e. The second kappa shape index (κ2) is 6.80. The molecule has 0 saturated heterocycles. The van der Waals surface area contributed by atoms with Crippen LogP contribution in [-0.2, 0) is 10.0 Å². The Labute approximate surface area is 151 Å². The lowest BCUT2D eigenvalue weighted by molar-refractivity contribution is 0.340. The van der Waals surface area contributed by atoms with Crippen LogP contribution in [0, 0.1) is 13.8 Å². The van der Waals surface area contributed by atoms with Gasteiger partial charge in [0.15, 0.2) is 5.69 Å². The van der Waals surface area contributed by atoms with Crippen LogP contribution in [0.1, 0.15) is 18.1 Å². The van der Waals surface area contributed by atoms with Gasteiger partial charge in [-0.1, -0.05) is 16.7 Å². The second-order valence-electron chi connectivity index (χ2n) is 5.81. The van der Waals surface area contributed by atoms with Crippen LogP contribution in [0.5, 0.6) is 11.6 Å². The number of nitrogens with zero attached hydrogens (tertiary/aromatic N) is 2. The largest absolute Gasteiger partial charge is 0.494 e. The normalized spacial score (nSPS) is 12.1. The fourth-order valence-corrected chi connectivity index (χ4v) is 3.36. The summed E-state index contributed by atoms with van der Waals surface area (Å²) in [6, 6.07) is 9.57. The maximum atomic E-state index is 12.4. The van der Waals surface area contributed by atoms with E-state index in [4.69, 9.17) is 4.74 Å². The zero-order valence-corrected chi connectivity index (χ0v) is 15.5. The van der Waals surface area contributed by atoms with Gasteiger partial charge in [0.25, 0.3) is 10.0 Å². The standard InChI is InChI=1S/C18H19N3O4S/c1-4-25-13-6-8-14(9-7-13)26(23,24)21-20-17-15-10-5-11(2)12(3)16(15)19-18(17)22/h5-10,19,22H,4H2,1-3H3. The zero-order valence-electron chi connectivity index (χ0n) is 14.6. The molecule has 0 amide bonds. The van der Waals surface area contributed by atoms with E-state index in [0.717, 1.165) is 11.1 Å². The fraction of sp³-hybridized carbons (Fsp3) is 0.222. The first-order valence-electron chi connectivity index (χ1n) is 8.05. The molecular formula is C18H19N3O4S. The average Bonchev–Trinajstić information content (AvgIpc) is 2.93. The van der Waals surface area contributed by atoms with Crippen LogP contribution in [0.3, 0.4) is 0 Å². The highest BCUT2D eigenvalue weighted by atomic mass is 32.2. The Morgan fingerprint density at radius 3 is 2.46 bits per heavy atom. The van der Waals surface area contributed by atoms with Gasteiger partial charge in [-0.05, 0) is 56.2 Å². The summed E-state index contributed by atoms with van der Waals surface area (Å²) in [6.07, 6.45) is 0. The van der Waals surface area contributed by atoms with E-state index in [1.807, 2.05) is 26.8 Å². The molecule has 0 unspecified atom stereocenters. The van der Waals surface area contributed by atoms with E-state index in [9.17, 15) is 13.5 Å². The van der Waals surface area contributed by atoms with Crippen molar-refractivity contribution < 1.29 is 18.3 Å². The van der Waals surface area contributed by atoms with Crippen LogP contribution in [0.15, 0.2) is 50.9 Å². The number of rotatable bonds is 5. The molecule has 3 rings (SSSR count). The molecule has 0 aliphatic heterocycles. The Balaban J connectivity index is 1.97. The van der Waals surface area contributed by atoms with Gasteiger partial charge in [-0.2, -0.15) is 8.42 Å². The zero-order chi connectivity index (χ0) is 18.9. The molecule has 0 saturated carbocycles. The molecule has 2 N–H and O–H groups in total. The summed E-state index contributed by atoms with van der Waals surface area (Å²) in [6.45, 7) is 6.19. The number of ether oxygens (including phenoxy) is 1. The number of aromatic amines is 1. The van der Waals surface area contributed by atoms with E-state index in [2.05, 4.69) is 14.6 Å². The quantitative estimate of drug-likeness (QED) is 0.648. The van der Waals surface area contributed by atoms with Crippen molar-refractivity contribution >= 4 is 26.6 Å². The fourth-order valence-electron chi connectivity index (χ4n) is 2.60. The van der Waals surface area contributed by atoms with Crippen molar-refractivity contribution in [2.75, 3.05) is 6.61 Å². The third kappa shape index (κ3) is 3.28. The van der Waals surface area contributed by atoms with Crippen molar-refractivity contribution in [1.29, 1.82) is 0 Å². The summed E-state index contributed by atoms with van der Waals surface area (Å²) >= 11 is 0. The summed E-state index contributed by atoms with van der Waals surface area (Å²) in [7, 11) is -3.99. The first-order chi connectivity index (χ1) is 12.3. The van der Waals surface area contributed by atoms with Gasteiger partial charge in [-0.3, -0.25) is 0 Å². The third-order valence-corrected chi connectivity index (χ3v) is 5.30. The highest BCUT2D eigenvalue weighted by Gasteiger charge is 2.17. The molecule has 1 aromatic heterocycles. The molecule has 0 spiro atoms. The van der Waals surface area contributed by atoms with Gasteiger partial charge in [0.05, 0.1) is 17.0 Å². The topological polar surface area (TPSA) is 104 Å². The molecule has 1 heterocycles. The van der Waals surface area contributed by atoms with Crippen LogP contribution in [-0.4, -0.2) is 25.1 Å². The first kappa shape index (κ1) is 17.9. The number of fused-ring (bicyclic) bond motifs is 1. The molecule has 0 aliphatic rings. The van der Waals surface area contributed by atoms with Gasteiger partial charge in [-0.25, -0.2) is 0 Å². The van der Waals surface area contributed by atoms with E-state index in [1.54, 1.807) is 18.2 Å². The lowest BCUT2D eigenvalue weighted by Gasteiger charge is -2.03. The number of aromatic nitrogens is 1. The molecule has 0 bridgehead atoms. The molecule has 8 heteroatoms. The minimum Gasteiger partial charge on any atom is -0.494 e. The highest BCUT2D eigenvalue weighted by molar-refractivity contribution is 7.90. The lowest BCUT2D eigenvalue weighted by atomic mass is 10.1. The highest BCUT2D eigenvalue weighted by Crippen LogP contribution is 2.38. The average molecular weight is 373 g/mol. The molecule has 0 atom stereocenters. The number of nitrogens with one attached hydrogen (secondary N) is 1. The Morgan fingerprint density at radius 1 is 1.12 bits per heavy atom. The monoisotopic (exact) mass is 373 g/mol. The van der Waals surface area contributed by atoms with Crippen molar-refractivity contribution in [2.24, 2.45) is 9.63 Å². The predicted molar refractivity (Wildman–Crippen MR) is 98.8 cm³/mol. The first-order valence-corrected chi connectivity index (χ1v) is 9.49. The molecular weight excluding hydrogens is 354 g/mol. The molecule has 0 fully saturated rings. The predicted octanol–water partition coefficient (Wildman–Crippen LogP) is 4.36. The van der Waals surface area contributed by atoms with Crippen LogP contribution in [0.2, 0.25) is 0 Å². The van der Waals surface area contributed by atoms with E-state index in [-0.39, 0.29) is 16.5 Å². The summed E-state index contributed by atoms with van der Waals surface area (Å²) < 4.78 is 33.5. The third-order valence-electron chi connectivity index (χ3n) is 4.14. The van der Waals surface area contributed by atoms with Gasteiger partial charge in [0.1, 0.15) is 5.75 Å². The Morgan fingerprint density at radius 2 is 1.81 bits per heavy atom. The summed E-state index contributed by atoms with van der Waals surface area (Å²) in [5.41, 5.74) is 2.80. The second-order valence-corrected chi connectivity index (χ2v) is 7.40. The van der Waals surface area contributed by atoms with Crippen molar-refractivity contribution in [3.8, 4) is 11.6 Å². The summed E-state index contributed by atoms with van der Waals surface area (Å²) in [4.78, 5) is 2.82. The van der Waals surface area contributed by atoms with Crippen LogP contribution < -0.4 is 4.74 Å². The number of H-pyrrole nitrogens is 1. The molecule has 0 radical (unpaired) electrons. The van der Waals surface area contributed by atoms with Gasteiger partial charge < -0.3 is 14.8 Å². The lowest BCUT2D eigenvalue weighted by Crippen LogP contribution is -1.96. The molecule has 0 aliphatic carbocycles. The Hall–Kier alpha value is -2.87. The minimum absolute atomic E-state index is 0.00365. The van der Waals surface area contributed by atoms with E-state index in [0.29, 0.717) is 23.3 Å². The molecule has 3 aromatic rings. The number of sulfonamides is 1. The molecule has 26 heavy (non-hydrogen) atoms. The minimum atomic E-state index is -3.99. The molecule has 136 valence electrons. The van der Waals surface area contributed by atoms with E-state index < -0.39 is 10.0 Å². The number of hydrogen-bond acceptors (Lipinski definition) is 5. The van der Waals surface area contributed by atoms with E-state index >= 15 is 0 Å². The van der Waals surface area contributed by atoms with Crippen molar-refractivity contribution in [3.05, 3.63) is 47.5 Å². The van der Waals surface area contributed by atoms with Crippen LogP contribution in [0.4, 0.5) is 5.69 Å². The Bertz CT molecular complexity index is 1080. The SMILES string of the molecule is CCOc1ccc(S(=O)(=O)N=Nc2c(O)[nH]c3c(C)c(C)ccc23)cc1. The van der Waals surface area contributed by atoms with Gasteiger partial charge in [-0.15, -0.1) is 5.11 Å². The maximum absolute atomic E-state index is 12.4. The number of aryl methyl sites for hydroxylation is 2. The number of benzene rings is 2. The van der Waals surface area contributed by atoms with Crippen molar-refractivity contribution in [1.82, 2.24) is 4.98 Å². The van der Waals surface area contributed by atoms with E-state index in [1.165, 1.54) is 12.1 Å². The summed E-state index contributed by atoms with van der Waals surface area (Å²) in [5, 5.41) is 14.5. The van der Waals surface area contributed by atoms with Crippen molar-refractivity contribution in [3.63, 3.8) is 0 Å². The van der Waals surface area contributed by atoms with Crippen molar-refractivity contribution in [2.45, 2.75) is 25.7 Å². The smallest absolute Gasteiger partial charge is 0.299 e. The van der Waals surface area contributed by atoms with Crippen LogP contribution in [0.25, 0.3) is 10.9 Å². The summed E-state index contributed by atoms with van der Waals surface area (Å²) in [5.74, 6) is 0.350. The van der Waals surface area contributed by atoms with Gasteiger partial charge in [0, 0.05) is 5.39 Å². The van der Waals surface area contributed by atoms with Crippen LogP contribution >= 0.6 is 0 Å². The number of hydrogen-bond donors (Lipinski definition) is 2. The number of aromatic hydroxyl groups is 1. The van der Waals surface area contributed by atoms with Gasteiger partial charge >= 0.3 is 0 Å². The van der Waals surface area contributed by atoms with Gasteiger partial charge in [0.2, 0.25) is 5.88 Å².